The van der Waals surface area contributed by atoms with E-state index in [0.29, 0.717) is 5.56 Å². The van der Waals surface area contributed by atoms with Crippen LogP contribution in [0.3, 0.4) is 0 Å². The maximum atomic E-state index is 12.4. The van der Waals surface area contributed by atoms with E-state index in [9.17, 15) is 4.79 Å². The van der Waals surface area contributed by atoms with Crippen LogP contribution in [-0.4, -0.2) is 15.9 Å². The van der Waals surface area contributed by atoms with Crippen molar-refractivity contribution >= 4 is 16.9 Å². The molecule has 4 nitrogen and oxygen atoms in total. The minimum atomic E-state index is -0.0674. The van der Waals surface area contributed by atoms with Gasteiger partial charge in [0.2, 0.25) is 0 Å². The molecule has 0 spiro atoms. The standard InChI is InChI=1S/C17H17N3O/c1-2-14(12-6-4-3-5-7-12)20-17(21)13-8-9-15-16(10-13)19-11-18-15/h3-11,14H,2H2,1H3,(H,18,19)(H,20,21)/t14-/m1/s1. The van der Waals surface area contributed by atoms with Crippen molar-refractivity contribution in [1.29, 1.82) is 0 Å². The lowest BCUT2D eigenvalue weighted by molar-refractivity contribution is 0.0935. The van der Waals surface area contributed by atoms with Gasteiger partial charge in [0.1, 0.15) is 0 Å². The van der Waals surface area contributed by atoms with Gasteiger partial charge in [-0.1, -0.05) is 37.3 Å². The number of nitrogens with one attached hydrogen (secondary N) is 2. The Morgan fingerprint density at radius 2 is 2.05 bits per heavy atom. The summed E-state index contributed by atoms with van der Waals surface area (Å²) < 4.78 is 0. The van der Waals surface area contributed by atoms with Crippen molar-refractivity contribution in [3.63, 3.8) is 0 Å². The molecule has 0 aliphatic rings. The molecular weight excluding hydrogens is 262 g/mol. The number of hydrogen-bond acceptors (Lipinski definition) is 2. The van der Waals surface area contributed by atoms with Gasteiger partial charge in [-0.2, -0.15) is 0 Å². The molecule has 0 bridgehead atoms. The number of imidazole rings is 1. The highest BCUT2D eigenvalue weighted by Crippen LogP contribution is 2.18. The molecule has 3 aromatic rings. The van der Waals surface area contributed by atoms with Crippen molar-refractivity contribution in [3.8, 4) is 0 Å². The summed E-state index contributed by atoms with van der Waals surface area (Å²) in [5.41, 5.74) is 3.49. The Labute approximate surface area is 123 Å². The first-order valence-electron chi connectivity index (χ1n) is 7.07. The fourth-order valence-corrected chi connectivity index (χ4v) is 2.42. The van der Waals surface area contributed by atoms with Crippen LogP contribution in [0.1, 0.15) is 35.3 Å². The van der Waals surface area contributed by atoms with Crippen LogP contribution in [0.2, 0.25) is 0 Å². The largest absolute Gasteiger partial charge is 0.345 e. The van der Waals surface area contributed by atoms with Crippen LogP contribution >= 0.6 is 0 Å². The number of carbonyl (C=O) groups excluding carboxylic acids is 1. The van der Waals surface area contributed by atoms with Crippen molar-refractivity contribution in [1.82, 2.24) is 15.3 Å². The molecule has 0 aliphatic heterocycles. The highest BCUT2D eigenvalue weighted by molar-refractivity contribution is 5.97. The Kier molecular flexibility index (Phi) is 3.69. The number of carbonyl (C=O) groups is 1. The number of hydrogen-bond donors (Lipinski definition) is 2. The van der Waals surface area contributed by atoms with E-state index in [-0.39, 0.29) is 11.9 Å². The molecule has 2 aromatic carbocycles. The summed E-state index contributed by atoms with van der Waals surface area (Å²) in [5, 5.41) is 3.08. The molecule has 0 saturated carbocycles. The first-order valence-corrected chi connectivity index (χ1v) is 7.07. The van der Waals surface area contributed by atoms with Gasteiger partial charge in [0.05, 0.1) is 23.4 Å². The van der Waals surface area contributed by atoms with Crippen LogP contribution in [0.25, 0.3) is 11.0 Å². The van der Waals surface area contributed by atoms with Crippen molar-refractivity contribution in [3.05, 3.63) is 66.0 Å². The fourth-order valence-electron chi connectivity index (χ4n) is 2.42. The highest BCUT2D eigenvalue weighted by atomic mass is 16.1. The zero-order chi connectivity index (χ0) is 14.7. The zero-order valence-electron chi connectivity index (χ0n) is 11.8. The molecular formula is C17H17N3O. The van der Waals surface area contributed by atoms with Crippen molar-refractivity contribution in [2.75, 3.05) is 0 Å². The minimum Gasteiger partial charge on any atom is -0.345 e. The maximum absolute atomic E-state index is 12.4. The average molecular weight is 279 g/mol. The second-order valence-corrected chi connectivity index (χ2v) is 4.98. The quantitative estimate of drug-likeness (QED) is 0.768. The van der Waals surface area contributed by atoms with Crippen LogP contribution in [0, 0.1) is 0 Å². The summed E-state index contributed by atoms with van der Waals surface area (Å²) in [6.07, 6.45) is 2.48. The number of nitrogens with zero attached hydrogens (tertiary/aromatic N) is 1. The molecule has 0 saturated heterocycles. The zero-order valence-corrected chi connectivity index (χ0v) is 11.8. The third-order valence-corrected chi connectivity index (χ3v) is 3.60. The molecule has 0 fully saturated rings. The predicted molar refractivity (Wildman–Crippen MR) is 83.0 cm³/mol. The SMILES string of the molecule is CC[C@@H](NC(=O)c1ccc2nc[nH]c2c1)c1ccccc1. The van der Waals surface area contributed by atoms with Gasteiger partial charge in [0, 0.05) is 5.56 Å². The Balaban J connectivity index is 1.81. The molecule has 1 heterocycles. The van der Waals surface area contributed by atoms with Gasteiger partial charge in [0.25, 0.3) is 5.91 Å². The van der Waals surface area contributed by atoms with Crippen LogP contribution < -0.4 is 5.32 Å². The number of aromatic amines is 1. The normalized spacial score (nSPS) is 12.2. The molecule has 1 amide bonds. The van der Waals surface area contributed by atoms with E-state index in [1.807, 2.05) is 42.5 Å². The molecule has 0 unspecified atom stereocenters. The smallest absolute Gasteiger partial charge is 0.251 e. The monoisotopic (exact) mass is 279 g/mol. The fraction of sp³-hybridized carbons (Fsp3) is 0.176. The molecule has 21 heavy (non-hydrogen) atoms. The average Bonchev–Trinajstić information content (AvgIpc) is 3.00. The lowest BCUT2D eigenvalue weighted by atomic mass is 10.0. The van der Waals surface area contributed by atoms with Gasteiger partial charge in [-0.05, 0) is 30.2 Å². The van der Waals surface area contributed by atoms with E-state index in [2.05, 4.69) is 22.2 Å². The third kappa shape index (κ3) is 2.79. The van der Waals surface area contributed by atoms with Gasteiger partial charge < -0.3 is 10.3 Å². The van der Waals surface area contributed by atoms with Crippen molar-refractivity contribution in [2.45, 2.75) is 19.4 Å². The van der Waals surface area contributed by atoms with E-state index in [0.717, 1.165) is 23.0 Å². The second kappa shape index (κ2) is 5.79. The van der Waals surface area contributed by atoms with Crippen LogP contribution in [0.15, 0.2) is 54.9 Å². The molecule has 2 N–H and O–H groups in total. The van der Waals surface area contributed by atoms with E-state index < -0.39 is 0 Å². The number of rotatable bonds is 4. The Morgan fingerprint density at radius 1 is 1.24 bits per heavy atom. The molecule has 1 atom stereocenters. The Morgan fingerprint density at radius 3 is 2.81 bits per heavy atom. The van der Waals surface area contributed by atoms with Crippen LogP contribution in [-0.2, 0) is 0 Å². The number of fused-ring (bicyclic) bond motifs is 1. The highest BCUT2D eigenvalue weighted by Gasteiger charge is 2.14. The van der Waals surface area contributed by atoms with E-state index in [1.165, 1.54) is 0 Å². The summed E-state index contributed by atoms with van der Waals surface area (Å²) in [7, 11) is 0. The van der Waals surface area contributed by atoms with Crippen molar-refractivity contribution in [2.24, 2.45) is 0 Å². The lowest BCUT2D eigenvalue weighted by Crippen LogP contribution is -2.28. The maximum Gasteiger partial charge on any atom is 0.251 e. The number of H-pyrrole nitrogens is 1. The number of amides is 1. The molecule has 106 valence electrons. The van der Waals surface area contributed by atoms with Gasteiger partial charge in [-0.3, -0.25) is 4.79 Å². The van der Waals surface area contributed by atoms with E-state index in [1.54, 1.807) is 12.4 Å². The summed E-state index contributed by atoms with van der Waals surface area (Å²) in [4.78, 5) is 19.6. The van der Waals surface area contributed by atoms with E-state index in [4.69, 9.17) is 0 Å². The number of benzene rings is 2. The predicted octanol–water partition coefficient (Wildman–Crippen LogP) is 3.44. The van der Waals surface area contributed by atoms with Crippen LogP contribution in [0.4, 0.5) is 0 Å². The second-order valence-electron chi connectivity index (χ2n) is 4.98. The van der Waals surface area contributed by atoms with E-state index >= 15 is 0 Å². The Hall–Kier alpha value is -2.62. The number of aromatic nitrogens is 2. The summed E-state index contributed by atoms with van der Waals surface area (Å²) in [5.74, 6) is -0.0674. The third-order valence-electron chi connectivity index (χ3n) is 3.60. The lowest BCUT2D eigenvalue weighted by Gasteiger charge is -2.17. The molecule has 0 radical (unpaired) electrons. The molecule has 4 heteroatoms. The first-order chi connectivity index (χ1) is 10.3. The summed E-state index contributed by atoms with van der Waals surface area (Å²) in [6.45, 7) is 2.07. The summed E-state index contributed by atoms with van der Waals surface area (Å²) in [6, 6.07) is 15.5. The molecule has 1 aromatic heterocycles. The van der Waals surface area contributed by atoms with Gasteiger partial charge >= 0.3 is 0 Å². The molecule has 3 rings (SSSR count). The molecule has 0 aliphatic carbocycles. The van der Waals surface area contributed by atoms with Crippen LogP contribution in [0.5, 0.6) is 0 Å². The Bertz CT molecular complexity index is 749. The topological polar surface area (TPSA) is 57.8 Å². The summed E-state index contributed by atoms with van der Waals surface area (Å²) >= 11 is 0. The van der Waals surface area contributed by atoms with Gasteiger partial charge in [-0.25, -0.2) is 4.98 Å². The van der Waals surface area contributed by atoms with Gasteiger partial charge in [-0.15, -0.1) is 0 Å². The first kappa shape index (κ1) is 13.4. The van der Waals surface area contributed by atoms with Crippen molar-refractivity contribution < 1.29 is 4.79 Å². The minimum absolute atomic E-state index is 0.0242. The van der Waals surface area contributed by atoms with Gasteiger partial charge in [0.15, 0.2) is 0 Å².